The summed E-state index contributed by atoms with van der Waals surface area (Å²) in [6.07, 6.45) is 0. The van der Waals surface area contributed by atoms with Crippen molar-refractivity contribution in [2.24, 2.45) is 0 Å². The summed E-state index contributed by atoms with van der Waals surface area (Å²) in [6, 6.07) is 3.33. The molecule has 5 nitrogen and oxygen atoms in total. The fourth-order valence-corrected chi connectivity index (χ4v) is 2.43. The van der Waals surface area contributed by atoms with Gasteiger partial charge in [0.25, 0.3) is 0 Å². The Hall–Kier alpha value is -1.56. The average Bonchev–Trinajstić information content (AvgIpc) is 2.71. The summed E-state index contributed by atoms with van der Waals surface area (Å²) < 4.78 is 0. The number of carbonyl (C=O) groups is 2. The van der Waals surface area contributed by atoms with Crippen LogP contribution in [0.2, 0.25) is 0 Å². The first-order valence-corrected chi connectivity index (χ1v) is 5.71. The summed E-state index contributed by atoms with van der Waals surface area (Å²) in [6.45, 7) is 1.76. The number of nitrogens with zero attached hydrogens (tertiary/aromatic N) is 2. The van der Waals surface area contributed by atoms with Crippen molar-refractivity contribution in [1.82, 2.24) is 4.90 Å². The zero-order valence-corrected chi connectivity index (χ0v) is 9.66. The minimum atomic E-state index is -0.920. The molecule has 0 spiro atoms. The Morgan fingerprint density at radius 1 is 1.44 bits per heavy atom. The molecule has 2 rings (SSSR count). The molecule has 1 aliphatic rings. The van der Waals surface area contributed by atoms with Crippen LogP contribution >= 0.6 is 11.3 Å². The van der Waals surface area contributed by atoms with Crippen molar-refractivity contribution in [3.63, 3.8) is 0 Å². The molecule has 0 unspecified atom stereocenters. The summed E-state index contributed by atoms with van der Waals surface area (Å²) in [5.41, 5.74) is 0. The van der Waals surface area contributed by atoms with E-state index in [1.807, 2.05) is 4.90 Å². The number of carboxylic acid groups (broad SMARTS) is 1. The molecule has 0 saturated carbocycles. The second-order valence-corrected chi connectivity index (χ2v) is 4.74. The summed E-state index contributed by atoms with van der Waals surface area (Å²) in [7, 11) is 1.77. The molecule has 1 aliphatic heterocycles. The first kappa shape index (κ1) is 10.9. The molecule has 6 heteroatoms. The first-order chi connectivity index (χ1) is 7.58. The minimum Gasteiger partial charge on any atom is -0.477 e. The smallest absolute Gasteiger partial charge is 0.345 e. The molecule has 0 atom stereocenters. The van der Waals surface area contributed by atoms with Crippen LogP contribution in [0, 0.1) is 0 Å². The standard InChI is InChI=1S/C10H12N2O3S/c1-11-4-5-12(6-8(11)13)9-3-2-7(16-9)10(14)15/h2-3H,4-6H2,1H3,(H,14,15). The van der Waals surface area contributed by atoms with Crippen LogP contribution in [0.4, 0.5) is 5.00 Å². The van der Waals surface area contributed by atoms with Crippen LogP contribution in [0.3, 0.4) is 0 Å². The van der Waals surface area contributed by atoms with E-state index >= 15 is 0 Å². The largest absolute Gasteiger partial charge is 0.477 e. The van der Waals surface area contributed by atoms with Crippen molar-refractivity contribution in [1.29, 1.82) is 0 Å². The lowest BCUT2D eigenvalue weighted by atomic mass is 10.3. The monoisotopic (exact) mass is 240 g/mol. The number of thiophene rings is 1. The minimum absolute atomic E-state index is 0.0662. The molecule has 0 bridgehead atoms. The van der Waals surface area contributed by atoms with Gasteiger partial charge in [0.05, 0.1) is 11.5 Å². The molecule has 1 aromatic heterocycles. The van der Waals surface area contributed by atoms with Crippen LogP contribution in [-0.2, 0) is 4.79 Å². The number of likely N-dealkylation sites (N-methyl/N-ethyl adjacent to an activating group) is 1. The number of rotatable bonds is 2. The molecule has 1 amide bonds. The molecule has 0 radical (unpaired) electrons. The van der Waals surface area contributed by atoms with Gasteiger partial charge in [-0.1, -0.05) is 0 Å². The van der Waals surface area contributed by atoms with E-state index in [1.54, 1.807) is 24.1 Å². The zero-order chi connectivity index (χ0) is 11.7. The highest BCUT2D eigenvalue weighted by molar-refractivity contribution is 7.17. The summed E-state index contributed by atoms with van der Waals surface area (Å²) in [4.78, 5) is 26.1. The van der Waals surface area contributed by atoms with Crippen molar-refractivity contribution < 1.29 is 14.7 Å². The Balaban J connectivity index is 2.12. The normalized spacial score (nSPS) is 16.7. The molecule has 0 aliphatic carbocycles. The van der Waals surface area contributed by atoms with Gasteiger partial charge < -0.3 is 14.9 Å². The SMILES string of the molecule is CN1CCN(c2ccc(C(=O)O)s2)CC1=O. The average molecular weight is 240 g/mol. The van der Waals surface area contributed by atoms with Gasteiger partial charge in [-0.25, -0.2) is 4.79 Å². The van der Waals surface area contributed by atoms with Crippen molar-refractivity contribution in [3.8, 4) is 0 Å². The Labute approximate surface area is 96.9 Å². The second kappa shape index (κ2) is 4.13. The maximum Gasteiger partial charge on any atom is 0.345 e. The lowest BCUT2D eigenvalue weighted by Crippen LogP contribution is -2.48. The van der Waals surface area contributed by atoms with Crippen molar-refractivity contribution in [2.45, 2.75) is 0 Å². The number of carboxylic acids is 1. The lowest BCUT2D eigenvalue weighted by Gasteiger charge is -2.32. The van der Waals surface area contributed by atoms with E-state index in [0.29, 0.717) is 18.0 Å². The first-order valence-electron chi connectivity index (χ1n) is 4.90. The lowest BCUT2D eigenvalue weighted by molar-refractivity contribution is -0.129. The number of piperazine rings is 1. The molecular weight excluding hydrogens is 228 g/mol. The molecule has 1 N–H and O–H groups in total. The summed E-state index contributed by atoms with van der Waals surface area (Å²) in [5, 5.41) is 9.65. The Morgan fingerprint density at radius 2 is 2.19 bits per heavy atom. The van der Waals surface area contributed by atoms with E-state index in [9.17, 15) is 9.59 Å². The summed E-state index contributed by atoms with van der Waals surface area (Å²) >= 11 is 1.21. The Kier molecular flexibility index (Phi) is 2.82. The summed E-state index contributed by atoms with van der Waals surface area (Å²) in [5.74, 6) is -0.853. The highest BCUT2D eigenvalue weighted by Gasteiger charge is 2.22. The van der Waals surface area contributed by atoms with Crippen LogP contribution in [0.5, 0.6) is 0 Å². The van der Waals surface area contributed by atoms with Gasteiger partial charge in [-0.3, -0.25) is 4.79 Å². The number of amides is 1. The van der Waals surface area contributed by atoms with Crippen molar-refractivity contribution in [2.75, 3.05) is 31.6 Å². The number of hydrogen-bond donors (Lipinski definition) is 1. The molecule has 1 fully saturated rings. The van der Waals surface area contributed by atoms with Crippen LogP contribution in [-0.4, -0.2) is 48.6 Å². The van der Waals surface area contributed by atoms with Crippen LogP contribution in [0.25, 0.3) is 0 Å². The quantitative estimate of drug-likeness (QED) is 0.827. The van der Waals surface area contributed by atoms with Gasteiger partial charge >= 0.3 is 5.97 Å². The highest BCUT2D eigenvalue weighted by Crippen LogP contribution is 2.26. The van der Waals surface area contributed by atoms with Crippen LogP contribution in [0.15, 0.2) is 12.1 Å². The molecule has 0 aromatic carbocycles. The van der Waals surface area contributed by atoms with E-state index in [4.69, 9.17) is 5.11 Å². The Morgan fingerprint density at radius 3 is 2.75 bits per heavy atom. The maximum atomic E-state index is 11.5. The van der Waals surface area contributed by atoms with Gasteiger partial charge in [0.1, 0.15) is 4.88 Å². The van der Waals surface area contributed by atoms with Gasteiger partial charge in [-0.2, -0.15) is 0 Å². The third-order valence-corrected chi connectivity index (χ3v) is 3.71. The van der Waals surface area contributed by atoms with Gasteiger partial charge in [0, 0.05) is 20.1 Å². The predicted molar refractivity (Wildman–Crippen MR) is 61.1 cm³/mol. The number of aromatic carboxylic acids is 1. The number of hydrogen-bond acceptors (Lipinski definition) is 4. The van der Waals surface area contributed by atoms with Crippen molar-refractivity contribution >= 4 is 28.2 Å². The van der Waals surface area contributed by atoms with E-state index in [1.165, 1.54) is 11.3 Å². The van der Waals surface area contributed by atoms with Crippen molar-refractivity contribution in [3.05, 3.63) is 17.0 Å². The fraction of sp³-hybridized carbons (Fsp3) is 0.400. The van der Waals surface area contributed by atoms with E-state index < -0.39 is 5.97 Å². The molecular formula is C10H12N2O3S. The van der Waals surface area contributed by atoms with Gasteiger partial charge in [0.15, 0.2) is 0 Å². The Bertz CT molecular complexity index is 429. The zero-order valence-electron chi connectivity index (χ0n) is 8.84. The third-order valence-electron chi connectivity index (χ3n) is 2.57. The molecule has 1 saturated heterocycles. The van der Waals surface area contributed by atoms with Gasteiger partial charge in [-0.05, 0) is 12.1 Å². The molecule has 86 valence electrons. The van der Waals surface area contributed by atoms with Gasteiger partial charge in [-0.15, -0.1) is 11.3 Å². The molecule has 2 heterocycles. The predicted octanol–water partition coefficient (Wildman–Crippen LogP) is 0.725. The third kappa shape index (κ3) is 2.01. The fourth-order valence-electron chi connectivity index (χ4n) is 1.56. The highest BCUT2D eigenvalue weighted by atomic mass is 32.1. The molecule has 1 aromatic rings. The number of anilines is 1. The van der Waals surface area contributed by atoms with E-state index in [2.05, 4.69) is 0 Å². The maximum absolute atomic E-state index is 11.5. The van der Waals surface area contributed by atoms with Gasteiger partial charge in [0.2, 0.25) is 5.91 Å². The second-order valence-electron chi connectivity index (χ2n) is 3.68. The van der Waals surface area contributed by atoms with Crippen LogP contribution < -0.4 is 4.90 Å². The van der Waals surface area contributed by atoms with E-state index in [-0.39, 0.29) is 5.91 Å². The topological polar surface area (TPSA) is 60.9 Å². The van der Waals surface area contributed by atoms with E-state index in [0.717, 1.165) is 11.5 Å². The molecule has 16 heavy (non-hydrogen) atoms. The number of carbonyl (C=O) groups excluding carboxylic acids is 1. The van der Waals surface area contributed by atoms with Crippen LogP contribution in [0.1, 0.15) is 9.67 Å².